The quantitative estimate of drug-likeness (QED) is 0.170. The van der Waals surface area contributed by atoms with Crippen LogP contribution in [0.1, 0.15) is 0 Å². The van der Waals surface area contributed by atoms with Crippen molar-refractivity contribution in [1.29, 1.82) is 0 Å². The molecule has 4 heterocycles. The van der Waals surface area contributed by atoms with Crippen molar-refractivity contribution in [2.24, 2.45) is 14.1 Å². The fourth-order valence-corrected chi connectivity index (χ4v) is 4.09. The molecule has 0 aliphatic heterocycles. The fourth-order valence-electron chi connectivity index (χ4n) is 3.00. The Morgan fingerprint density at radius 3 is 1.86 bits per heavy atom. The van der Waals surface area contributed by atoms with Crippen molar-refractivity contribution in [3.63, 3.8) is 0 Å². The van der Waals surface area contributed by atoms with E-state index >= 15 is 0 Å². The average Bonchev–Trinajstić information content (AvgIpc) is 2.88. The molecule has 0 bridgehead atoms. The Bertz CT molecular complexity index is 1460. The minimum absolute atomic E-state index is 0.0498. The maximum atomic E-state index is 12.0. The van der Waals surface area contributed by atoms with Crippen LogP contribution >= 0.6 is 23.5 Å². The molecule has 0 radical (unpaired) electrons. The molecule has 0 amide bonds. The van der Waals surface area contributed by atoms with Crippen molar-refractivity contribution < 1.29 is 4.92 Å². The summed E-state index contributed by atoms with van der Waals surface area (Å²) in [4.78, 5) is 50.5. The second-order valence-corrected chi connectivity index (χ2v) is 8.46. The summed E-state index contributed by atoms with van der Waals surface area (Å²) in [6.45, 7) is 0. The van der Waals surface area contributed by atoms with Gasteiger partial charge in [-0.2, -0.15) is 0 Å². The summed E-state index contributed by atoms with van der Waals surface area (Å²) in [5.41, 5.74) is 0.918. The van der Waals surface area contributed by atoms with Gasteiger partial charge in [0.25, 0.3) is 5.56 Å². The smallest absolute Gasteiger partial charge is 0.291 e. The fraction of sp³-hybridized carbons (Fsp3) is 0.182. The van der Waals surface area contributed by atoms with Gasteiger partial charge >= 0.3 is 11.2 Å². The van der Waals surface area contributed by atoms with E-state index in [-0.39, 0.29) is 11.3 Å². The van der Waals surface area contributed by atoms with Gasteiger partial charge in [0.1, 0.15) is 0 Å². The lowest BCUT2D eigenvalue weighted by Crippen LogP contribution is -2.23. The SMILES string of the molecule is CSc1nc(-c2ccncc2)c([N+](=O)[O-])c(=O)n1C.CSc1nc(-c2ccncc2)cc(=O)n1C. The Morgan fingerprint density at radius 2 is 1.34 bits per heavy atom. The van der Waals surface area contributed by atoms with Gasteiger partial charge in [0.05, 0.1) is 10.6 Å². The van der Waals surface area contributed by atoms with Gasteiger partial charge < -0.3 is 0 Å². The van der Waals surface area contributed by atoms with E-state index in [0.29, 0.717) is 21.6 Å². The number of nitrogens with zero attached hydrogens (tertiary/aromatic N) is 7. The van der Waals surface area contributed by atoms with Gasteiger partial charge in [0, 0.05) is 56.1 Å². The van der Waals surface area contributed by atoms with Gasteiger partial charge in [-0.3, -0.25) is 38.8 Å². The van der Waals surface area contributed by atoms with Crippen LogP contribution in [0.4, 0.5) is 5.69 Å². The highest BCUT2D eigenvalue weighted by atomic mass is 32.2. The van der Waals surface area contributed by atoms with Crippen LogP contribution in [0.15, 0.2) is 75.0 Å². The first-order valence-corrected chi connectivity index (χ1v) is 12.5. The molecule has 0 spiro atoms. The van der Waals surface area contributed by atoms with Crippen molar-refractivity contribution in [2.75, 3.05) is 12.5 Å². The molecule has 4 aromatic heterocycles. The van der Waals surface area contributed by atoms with Crippen LogP contribution in [0.5, 0.6) is 0 Å². The first kappa shape index (κ1) is 25.8. The molecule has 0 saturated carbocycles. The standard InChI is InChI=1S/C11H10N4O3S.C11H11N3OS/c1-14-10(16)9(15(17)18)8(13-11(14)19-2)7-3-5-12-6-4-7;1-14-10(15)7-9(13-11(14)16-2)8-3-5-12-6-4-8/h3-6H,1-2H3;3-7H,1-2H3. The van der Waals surface area contributed by atoms with Crippen LogP contribution in [0.2, 0.25) is 0 Å². The molecule has 0 aromatic carbocycles. The highest BCUT2D eigenvalue weighted by molar-refractivity contribution is 7.98. The molecular weight excluding hydrogens is 490 g/mol. The Labute approximate surface area is 208 Å². The Hall–Kier alpha value is -3.84. The van der Waals surface area contributed by atoms with E-state index in [0.717, 1.165) is 5.56 Å². The van der Waals surface area contributed by atoms with Crippen LogP contribution < -0.4 is 11.1 Å². The summed E-state index contributed by atoms with van der Waals surface area (Å²) in [5.74, 6) is 0. The van der Waals surface area contributed by atoms with E-state index in [4.69, 9.17) is 0 Å². The van der Waals surface area contributed by atoms with Crippen molar-refractivity contribution in [3.8, 4) is 22.5 Å². The lowest BCUT2D eigenvalue weighted by atomic mass is 10.1. The monoisotopic (exact) mass is 511 g/mol. The number of aromatic nitrogens is 6. The van der Waals surface area contributed by atoms with Crippen molar-refractivity contribution in [2.45, 2.75) is 10.3 Å². The molecule has 13 heteroatoms. The maximum absolute atomic E-state index is 12.0. The second-order valence-electron chi connectivity index (χ2n) is 6.91. The van der Waals surface area contributed by atoms with E-state index in [1.165, 1.54) is 58.2 Å². The van der Waals surface area contributed by atoms with E-state index in [1.807, 2.05) is 18.4 Å². The minimum atomic E-state index is -0.699. The van der Waals surface area contributed by atoms with Gasteiger partial charge in [-0.25, -0.2) is 9.97 Å². The molecule has 0 aliphatic rings. The van der Waals surface area contributed by atoms with Crippen LogP contribution in [-0.4, -0.2) is 46.5 Å². The van der Waals surface area contributed by atoms with Crippen LogP contribution in [0.25, 0.3) is 22.5 Å². The third-order valence-electron chi connectivity index (χ3n) is 4.80. The van der Waals surface area contributed by atoms with E-state index in [2.05, 4.69) is 19.9 Å². The summed E-state index contributed by atoms with van der Waals surface area (Å²) >= 11 is 2.71. The molecule has 0 unspecified atom stereocenters. The molecule has 0 atom stereocenters. The molecule has 11 nitrogen and oxygen atoms in total. The number of rotatable bonds is 5. The first-order valence-electron chi connectivity index (χ1n) is 10.0. The lowest BCUT2D eigenvalue weighted by Gasteiger charge is -2.08. The molecule has 4 aromatic rings. The van der Waals surface area contributed by atoms with Crippen molar-refractivity contribution >= 4 is 29.2 Å². The zero-order valence-electron chi connectivity index (χ0n) is 19.3. The van der Waals surface area contributed by atoms with E-state index in [1.54, 1.807) is 37.8 Å². The third-order valence-corrected chi connectivity index (χ3v) is 6.26. The van der Waals surface area contributed by atoms with Gasteiger partial charge in [-0.15, -0.1) is 0 Å². The van der Waals surface area contributed by atoms with Gasteiger partial charge in [0.15, 0.2) is 16.0 Å². The average molecular weight is 512 g/mol. The van der Waals surface area contributed by atoms with Crippen LogP contribution in [0.3, 0.4) is 0 Å². The predicted molar refractivity (Wildman–Crippen MR) is 136 cm³/mol. The van der Waals surface area contributed by atoms with Crippen LogP contribution in [-0.2, 0) is 14.1 Å². The highest BCUT2D eigenvalue weighted by Gasteiger charge is 2.25. The summed E-state index contributed by atoms with van der Waals surface area (Å²) in [6, 6.07) is 8.38. The van der Waals surface area contributed by atoms with E-state index < -0.39 is 16.2 Å². The first-order chi connectivity index (χ1) is 16.8. The topological polar surface area (TPSA) is 139 Å². The van der Waals surface area contributed by atoms with Gasteiger partial charge in [-0.1, -0.05) is 23.5 Å². The molecule has 180 valence electrons. The number of hydrogen-bond acceptors (Lipinski definition) is 10. The van der Waals surface area contributed by atoms with Gasteiger partial charge in [-0.05, 0) is 36.8 Å². The summed E-state index contributed by atoms with van der Waals surface area (Å²) in [6.07, 6.45) is 10.0. The number of hydrogen-bond donors (Lipinski definition) is 0. The lowest BCUT2D eigenvalue weighted by molar-refractivity contribution is -0.386. The zero-order chi connectivity index (χ0) is 25.5. The highest BCUT2D eigenvalue weighted by Crippen LogP contribution is 2.26. The summed E-state index contributed by atoms with van der Waals surface area (Å²) in [7, 11) is 3.18. The van der Waals surface area contributed by atoms with Gasteiger partial charge in [0.2, 0.25) is 0 Å². The Morgan fingerprint density at radius 1 is 0.829 bits per heavy atom. The molecular formula is C22H21N7O4S2. The normalized spacial score (nSPS) is 10.4. The molecule has 0 fully saturated rings. The van der Waals surface area contributed by atoms with Crippen LogP contribution in [0, 0.1) is 10.1 Å². The Balaban J connectivity index is 0.000000198. The minimum Gasteiger partial charge on any atom is -0.291 e. The van der Waals surface area contributed by atoms with Crippen molar-refractivity contribution in [1.82, 2.24) is 29.1 Å². The summed E-state index contributed by atoms with van der Waals surface area (Å²) < 4.78 is 2.71. The second kappa shape index (κ2) is 11.5. The molecule has 0 saturated heterocycles. The largest absolute Gasteiger partial charge is 0.360 e. The molecule has 0 N–H and O–H groups in total. The third kappa shape index (κ3) is 5.81. The molecule has 35 heavy (non-hydrogen) atoms. The molecule has 4 rings (SSSR count). The number of thioether (sulfide) groups is 2. The summed E-state index contributed by atoms with van der Waals surface area (Å²) in [5, 5.41) is 12.2. The maximum Gasteiger partial charge on any atom is 0.360 e. The Kier molecular flexibility index (Phi) is 8.49. The molecule has 0 aliphatic carbocycles. The number of pyridine rings is 2. The predicted octanol–water partition coefficient (Wildman–Crippen LogP) is 3.04. The number of nitro groups is 1. The zero-order valence-corrected chi connectivity index (χ0v) is 20.9. The van der Waals surface area contributed by atoms with E-state index in [9.17, 15) is 19.7 Å². The van der Waals surface area contributed by atoms with Crippen molar-refractivity contribution in [3.05, 3.63) is 85.9 Å².